The van der Waals surface area contributed by atoms with Crippen molar-refractivity contribution in [2.45, 2.75) is 0 Å². The van der Waals surface area contributed by atoms with E-state index in [1.54, 1.807) is 0 Å². The first-order valence-electron chi connectivity index (χ1n) is 1.56. The predicted molar refractivity (Wildman–Crippen MR) is 20.4 cm³/mol. The molecule has 7 heteroatoms. The van der Waals surface area contributed by atoms with Crippen LogP contribution in [0.25, 0.3) is 0 Å². The van der Waals surface area contributed by atoms with E-state index in [0.29, 0.717) is 0 Å². The molecule has 0 aromatic heterocycles. The van der Waals surface area contributed by atoms with Crippen LogP contribution < -0.4 is 0 Å². The molecular weight excluding hydrogens is 146 g/mol. The molecular formula is CAl2O5. The van der Waals surface area contributed by atoms with Gasteiger partial charge in [0.05, 0.1) is 0 Å². The van der Waals surface area contributed by atoms with Gasteiger partial charge in [0.15, 0.2) is 0 Å². The van der Waals surface area contributed by atoms with Crippen LogP contribution in [-0.4, -0.2) is 37.1 Å². The van der Waals surface area contributed by atoms with E-state index in [9.17, 15) is 12.4 Å². The molecule has 8 heavy (non-hydrogen) atoms. The molecule has 0 radical (unpaired) electrons. The fourth-order valence-electron chi connectivity index (χ4n) is 0.106. The number of hydrogen-bond donors (Lipinski definition) is 0. The van der Waals surface area contributed by atoms with Gasteiger partial charge in [-0.05, 0) is 0 Å². The average molecular weight is 146 g/mol. The molecule has 0 fully saturated rings. The maximum absolute atomic E-state index is 9.84. The van der Waals surface area contributed by atoms with Crippen LogP contribution in [0.4, 0.5) is 4.79 Å². The average Bonchev–Trinajstić information content (AvgIpc) is 1.68. The van der Waals surface area contributed by atoms with E-state index in [1.165, 1.54) is 0 Å². The van der Waals surface area contributed by atoms with Crippen molar-refractivity contribution in [2.75, 3.05) is 0 Å². The summed E-state index contributed by atoms with van der Waals surface area (Å²) in [6.45, 7) is 0. The molecule has 0 aromatic carbocycles. The molecule has 0 saturated heterocycles. The molecule has 5 nitrogen and oxygen atoms in total. The van der Waals surface area contributed by atoms with Gasteiger partial charge in [-0.2, -0.15) is 0 Å². The zero-order valence-corrected chi connectivity index (χ0v) is 6.01. The molecule has 0 N–H and O–H groups in total. The van der Waals surface area contributed by atoms with Crippen LogP contribution in [0, 0.1) is 0 Å². The van der Waals surface area contributed by atoms with Crippen LogP contribution in [0.1, 0.15) is 0 Å². The van der Waals surface area contributed by atoms with Crippen LogP contribution >= 0.6 is 0 Å². The van der Waals surface area contributed by atoms with Gasteiger partial charge in [0, 0.05) is 0 Å². The van der Waals surface area contributed by atoms with Crippen molar-refractivity contribution in [3.8, 4) is 0 Å². The minimum atomic E-state index is -1.60. The van der Waals surface area contributed by atoms with E-state index in [1.807, 2.05) is 0 Å². The molecule has 0 heterocycles. The summed E-state index contributed by atoms with van der Waals surface area (Å²) in [6, 6.07) is 0. The third-order valence-corrected chi connectivity index (χ3v) is 0.866. The maximum atomic E-state index is 9.84. The molecule has 0 unspecified atom stereocenters. The second-order valence-electron chi connectivity index (χ2n) is 0.678. The number of hydrogen-bond acceptors (Lipinski definition) is 5. The van der Waals surface area contributed by atoms with Gasteiger partial charge in [-0.3, -0.25) is 0 Å². The molecule has 0 amide bonds. The van der Waals surface area contributed by atoms with Crippen molar-refractivity contribution >= 4 is 37.1 Å². The summed E-state index contributed by atoms with van der Waals surface area (Å²) in [5, 5.41) is 0. The molecule has 0 saturated carbocycles. The normalized spacial score (nSPS) is 6.00. The Balaban J connectivity index is 3.32. The van der Waals surface area contributed by atoms with Crippen molar-refractivity contribution in [2.24, 2.45) is 0 Å². The van der Waals surface area contributed by atoms with Crippen LogP contribution in [0.15, 0.2) is 0 Å². The van der Waals surface area contributed by atoms with Crippen LogP contribution in [0.5, 0.6) is 0 Å². The summed E-state index contributed by atoms with van der Waals surface area (Å²) < 4.78 is 26.5. The van der Waals surface area contributed by atoms with E-state index in [0.717, 1.165) is 0 Å². The van der Waals surface area contributed by atoms with Gasteiger partial charge >= 0.3 is 57.1 Å². The molecule has 0 spiro atoms. The fraction of sp³-hybridized carbons (Fsp3) is 0. The van der Waals surface area contributed by atoms with E-state index in [4.69, 9.17) is 0 Å². The Morgan fingerprint density at radius 1 is 1.12 bits per heavy atom. The Labute approximate surface area is 57.5 Å². The first-order chi connectivity index (χ1) is 3.81. The molecule has 0 aliphatic rings. The molecule has 40 valence electrons. The van der Waals surface area contributed by atoms with E-state index in [-0.39, 0.29) is 0 Å². The standard InChI is InChI=1S/CH2O3.2Al.2O/c2-1(3)4;;;;/h(H2,2,3,4);;;;/q;2*+1;;/p-2. The molecule has 0 aromatic rings. The van der Waals surface area contributed by atoms with Crippen LogP contribution in [0.2, 0.25) is 0 Å². The van der Waals surface area contributed by atoms with Gasteiger partial charge in [0.25, 0.3) is 0 Å². The van der Waals surface area contributed by atoms with Crippen molar-refractivity contribution in [1.82, 2.24) is 0 Å². The van der Waals surface area contributed by atoms with E-state index >= 15 is 0 Å². The summed E-state index contributed by atoms with van der Waals surface area (Å²) in [5.74, 6) is 0. The second kappa shape index (κ2) is 5.08. The fourth-order valence-corrected chi connectivity index (χ4v) is 0.486. The zero-order valence-electron chi connectivity index (χ0n) is 3.70. The number of carbonyl (C=O) groups is 1. The van der Waals surface area contributed by atoms with Crippen molar-refractivity contribution in [3.63, 3.8) is 0 Å². The van der Waals surface area contributed by atoms with Gasteiger partial charge < -0.3 is 0 Å². The number of carbonyl (C=O) groups excluding carboxylic acids is 1. The monoisotopic (exact) mass is 146 g/mol. The van der Waals surface area contributed by atoms with E-state index in [2.05, 4.69) is 7.58 Å². The Morgan fingerprint density at radius 3 is 1.75 bits per heavy atom. The first-order valence-corrected chi connectivity index (χ1v) is 3.44. The SMILES string of the molecule is [O]=[Al][O]C(=O)[O][Al]=[O]. The molecule has 0 bridgehead atoms. The minimum absolute atomic E-state index is 1.14. The van der Waals surface area contributed by atoms with Crippen molar-refractivity contribution in [1.29, 1.82) is 0 Å². The summed E-state index contributed by atoms with van der Waals surface area (Å²) in [5.41, 5.74) is 0. The molecule has 0 atom stereocenters. The van der Waals surface area contributed by atoms with Gasteiger partial charge in [-0.25, -0.2) is 0 Å². The quantitative estimate of drug-likeness (QED) is 0.470. The molecule has 0 aliphatic carbocycles. The van der Waals surface area contributed by atoms with Gasteiger partial charge in [0.1, 0.15) is 0 Å². The second-order valence-corrected chi connectivity index (χ2v) is 1.53. The van der Waals surface area contributed by atoms with Gasteiger partial charge in [0.2, 0.25) is 0 Å². The Morgan fingerprint density at radius 2 is 1.50 bits per heavy atom. The van der Waals surface area contributed by atoms with Gasteiger partial charge in [-0.1, -0.05) is 0 Å². The first kappa shape index (κ1) is 7.93. The Bertz CT molecular complexity index is 97.0. The Hall–Kier alpha value is -0.0651. The van der Waals surface area contributed by atoms with E-state index < -0.39 is 37.1 Å². The molecule has 0 aliphatic heterocycles. The third-order valence-electron chi connectivity index (χ3n) is 0.289. The summed E-state index contributed by atoms with van der Waals surface area (Å²) in [6.07, 6.45) is -1.14. The summed E-state index contributed by atoms with van der Waals surface area (Å²) in [4.78, 5) is 9.84. The van der Waals surface area contributed by atoms with Crippen molar-refractivity contribution < 1.29 is 20.0 Å². The molecule has 0 rings (SSSR count). The summed E-state index contributed by atoms with van der Waals surface area (Å²) >= 11 is -3.21. The topological polar surface area (TPSA) is 69.7 Å². The van der Waals surface area contributed by atoms with Crippen LogP contribution in [0.3, 0.4) is 0 Å². The zero-order chi connectivity index (χ0) is 6.41. The number of rotatable bonds is 2. The van der Waals surface area contributed by atoms with Crippen LogP contribution in [-0.2, 0) is 15.2 Å². The predicted octanol–water partition coefficient (Wildman–Crippen LogP) is -0.931. The van der Waals surface area contributed by atoms with Crippen molar-refractivity contribution in [3.05, 3.63) is 0 Å². The Kier molecular flexibility index (Phi) is 5.04. The third kappa shape index (κ3) is 4.10. The summed E-state index contributed by atoms with van der Waals surface area (Å²) in [7, 11) is 0. The van der Waals surface area contributed by atoms with Gasteiger partial charge in [-0.15, -0.1) is 0 Å².